The van der Waals surface area contributed by atoms with Crippen molar-refractivity contribution in [3.8, 4) is 11.5 Å². The minimum Gasteiger partial charge on any atom is -0.492 e. The number of benzene rings is 2. The number of nitrogens with one attached hydrogen (secondary N) is 2. The summed E-state index contributed by atoms with van der Waals surface area (Å²) in [5, 5.41) is 2.48. The first-order chi connectivity index (χ1) is 13.9. The van der Waals surface area contributed by atoms with Gasteiger partial charge in [0.15, 0.2) is 0 Å². The highest BCUT2D eigenvalue weighted by molar-refractivity contribution is 5.82. The summed E-state index contributed by atoms with van der Waals surface area (Å²) in [4.78, 5) is 21.9. The number of carbonyl (C=O) groups excluding carboxylic acids is 1. The zero-order valence-corrected chi connectivity index (χ0v) is 16.8. The van der Waals surface area contributed by atoms with Gasteiger partial charge in [-0.05, 0) is 74.4 Å². The van der Waals surface area contributed by atoms with Gasteiger partial charge in [0.25, 0.3) is 5.91 Å². The molecule has 0 bridgehead atoms. The van der Waals surface area contributed by atoms with Crippen molar-refractivity contribution >= 4 is 11.6 Å². The Bertz CT molecular complexity index is 889. The summed E-state index contributed by atoms with van der Waals surface area (Å²) < 4.78 is 11.4. The maximum absolute atomic E-state index is 11.5. The fraction of sp³-hybridized carbons (Fsp3) is 0.318. The lowest BCUT2D eigenvalue weighted by Crippen LogP contribution is -2.29. The molecule has 7 heteroatoms. The molecule has 1 aliphatic rings. The Morgan fingerprint density at radius 3 is 2.24 bits per heavy atom. The molecule has 2 aromatic rings. The molecule has 1 aliphatic heterocycles. The third-order valence-corrected chi connectivity index (χ3v) is 4.61. The second-order valence-electron chi connectivity index (χ2n) is 7.66. The highest BCUT2D eigenvalue weighted by atomic mass is 16.5. The van der Waals surface area contributed by atoms with Gasteiger partial charge in [-0.2, -0.15) is 0 Å². The number of rotatable bonds is 8. The van der Waals surface area contributed by atoms with Crippen LogP contribution in [0.4, 0.5) is 0 Å². The summed E-state index contributed by atoms with van der Waals surface area (Å²) in [5.41, 5.74) is 8.50. The summed E-state index contributed by atoms with van der Waals surface area (Å²) in [6.45, 7) is 5.84. The predicted octanol–water partition coefficient (Wildman–Crippen LogP) is 3.80. The molecule has 7 nitrogen and oxygen atoms in total. The number of hydrogen-bond donors (Lipinski definition) is 2. The zero-order valence-electron chi connectivity index (χ0n) is 16.8. The molecule has 2 aromatic carbocycles. The monoisotopic (exact) mass is 395 g/mol. The van der Waals surface area contributed by atoms with Crippen LogP contribution in [0.1, 0.15) is 31.9 Å². The van der Waals surface area contributed by atoms with Gasteiger partial charge in [-0.15, -0.1) is 4.91 Å². The van der Waals surface area contributed by atoms with E-state index in [0.717, 1.165) is 22.6 Å². The third kappa shape index (κ3) is 5.42. The van der Waals surface area contributed by atoms with Crippen molar-refractivity contribution in [2.75, 3.05) is 6.61 Å². The van der Waals surface area contributed by atoms with Gasteiger partial charge in [0.1, 0.15) is 24.7 Å². The Hall–Kier alpha value is -3.19. The van der Waals surface area contributed by atoms with Crippen LogP contribution in [0.15, 0.2) is 59.8 Å². The lowest BCUT2D eigenvalue weighted by molar-refractivity contribution is -0.127. The van der Waals surface area contributed by atoms with Crippen molar-refractivity contribution in [1.82, 2.24) is 10.9 Å². The first-order valence-electron chi connectivity index (χ1n) is 9.43. The molecule has 3 rings (SSSR count). The highest BCUT2D eigenvalue weighted by Gasteiger charge is 2.29. The Kier molecular flexibility index (Phi) is 6.29. The Morgan fingerprint density at radius 1 is 1.03 bits per heavy atom. The molecule has 0 aromatic heterocycles. The molecule has 1 atom stereocenters. The van der Waals surface area contributed by atoms with Gasteiger partial charge in [-0.1, -0.05) is 12.1 Å². The highest BCUT2D eigenvalue weighted by Crippen LogP contribution is 2.22. The van der Waals surface area contributed by atoms with Gasteiger partial charge >= 0.3 is 0 Å². The van der Waals surface area contributed by atoms with Crippen LogP contribution in [0.3, 0.4) is 0 Å². The molecule has 1 heterocycles. The van der Waals surface area contributed by atoms with E-state index in [-0.39, 0.29) is 6.61 Å². The van der Waals surface area contributed by atoms with Crippen LogP contribution in [-0.2, 0) is 11.4 Å². The first kappa shape index (κ1) is 20.5. The molecule has 0 aliphatic carbocycles. The van der Waals surface area contributed by atoms with Gasteiger partial charge in [0.05, 0.1) is 11.1 Å². The van der Waals surface area contributed by atoms with Crippen LogP contribution in [0.5, 0.6) is 11.5 Å². The number of carbonyl (C=O) groups is 1. The van der Waals surface area contributed by atoms with Gasteiger partial charge in [0, 0.05) is 11.2 Å². The molecule has 0 spiro atoms. The standard InChI is InChI=1S/C22H25N3O4/c1-15-12-20(24-23-15)17-6-10-18(11-7-17)28-13-16-4-8-19(9-5-16)29-14-22(2,3)21(26)25-27/h4-12,15,23-24H,13-14H2,1-3H3. The number of ether oxygens (including phenoxy) is 2. The van der Waals surface area contributed by atoms with Gasteiger partial charge in [0.2, 0.25) is 0 Å². The average Bonchev–Trinajstić information content (AvgIpc) is 3.17. The quantitative estimate of drug-likeness (QED) is 0.661. The van der Waals surface area contributed by atoms with Crippen molar-refractivity contribution in [3.05, 3.63) is 70.6 Å². The van der Waals surface area contributed by atoms with Gasteiger partial charge in [-0.3, -0.25) is 4.79 Å². The van der Waals surface area contributed by atoms with E-state index in [1.165, 1.54) is 0 Å². The van der Waals surface area contributed by atoms with E-state index in [9.17, 15) is 9.70 Å². The Labute approximate surface area is 170 Å². The van der Waals surface area contributed by atoms with Crippen LogP contribution in [0.25, 0.3) is 5.70 Å². The molecule has 2 N–H and O–H groups in total. The summed E-state index contributed by atoms with van der Waals surface area (Å²) in [7, 11) is 0. The van der Waals surface area contributed by atoms with Gasteiger partial charge in [-0.25, -0.2) is 5.43 Å². The fourth-order valence-electron chi connectivity index (χ4n) is 2.72. The van der Waals surface area contributed by atoms with E-state index in [2.05, 4.69) is 29.0 Å². The Morgan fingerprint density at radius 2 is 1.66 bits per heavy atom. The summed E-state index contributed by atoms with van der Waals surface area (Å²) in [5.74, 6) is 0.680. The molecular formula is C22H25N3O4. The first-order valence-corrected chi connectivity index (χ1v) is 9.43. The van der Waals surface area contributed by atoms with E-state index in [4.69, 9.17) is 9.47 Å². The molecule has 0 saturated carbocycles. The van der Waals surface area contributed by atoms with Crippen molar-refractivity contribution in [2.45, 2.75) is 33.4 Å². The molecule has 0 fully saturated rings. The zero-order chi connectivity index (χ0) is 20.9. The number of hydrazine groups is 1. The van der Waals surface area contributed by atoms with Crippen LogP contribution in [0.2, 0.25) is 0 Å². The van der Waals surface area contributed by atoms with Crippen LogP contribution in [-0.4, -0.2) is 18.6 Å². The number of nitrogens with zero attached hydrogens (tertiary/aromatic N) is 1. The largest absolute Gasteiger partial charge is 0.492 e. The Balaban J connectivity index is 1.50. The maximum Gasteiger partial charge on any atom is 0.295 e. The summed E-state index contributed by atoms with van der Waals surface area (Å²) >= 11 is 0. The van der Waals surface area contributed by atoms with Crippen LogP contribution >= 0.6 is 0 Å². The molecule has 152 valence electrons. The molecule has 0 saturated heterocycles. The SMILES string of the molecule is CC1C=C(c2ccc(OCc3ccc(OCC(C)(C)C(=O)N=O)cc3)cc2)NN1. The second-order valence-corrected chi connectivity index (χ2v) is 7.66. The van der Waals surface area contributed by atoms with Crippen molar-refractivity contribution in [2.24, 2.45) is 10.6 Å². The molecule has 0 radical (unpaired) electrons. The van der Waals surface area contributed by atoms with E-state index >= 15 is 0 Å². The van der Waals surface area contributed by atoms with Crippen molar-refractivity contribution in [3.63, 3.8) is 0 Å². The van der Waals surface area contributed by atoms with E-state index < -0.39 is 11.3 Å². The minimum atomic E-state index is -0.951. The average molecular weight is 395 g/mol. The second kappa shape index (κ2) is 8.87. The normalized spacial score (nSPS) is 16.0. The molecule has 1 unspecified atom stereocenters. The lowest BCUT2D eigenvalue weighted by atomic mass is 9.94. The van der Waals surface area contributed by atoms with Crippen molar-refractivity contribution in [1.29, 1.82) is 0 Å². The van der Waals surface area contributed by atoms with Crippen molar-refractivity contribution < 1.29 is 14.3 Å². The maximum atomic E-state index is 11.5. The lowest BCUT2D eigenvalue weighted by Gasteiger charge is -2.19. The minimum absolute atomic E-state index is 0.0827. The number of amides is 1. The number of hydrogen-bond acceptors (Lipinski definition) is 6. The van der Waals surface area contributed by atoms with E-state index in [0.29, 0.717) is 18.4 Å². The molecular weight excluding hydrogens is 370 g/mol. The van der Waals surface area contributed by atoms with E-state index in [1.807, 2.05) is 48.5 Å². The summed E-state index contributed by atoms with van der Waals surface area (Å²) in [6.07, 6.45) is 2.13. The van der Waals surface area contributed by atoms with E-state index in [1.54, 1.807) is 13.8 Å². The van der Waals surface area contributed by atoms with Crippen LogP contribution < -0.4 is 20.3 Å². The predicted molar refractivity (Wildman–Crippen MR) is 111 cm³/mol. The summed E-state index contributed by atoms with van der Waals surface area (Å²) in [6, 6.07) is 15.6. The number of nitroso groups, excluding NO2 is 1. The third-order valence-electron chi connectivity index (χ3n) is 4.61. The fourth-order valence-corrected chi connectivity index (χ4v) is 2.72. The molecule has 1 amide bonds. The topological polar surface area (TPSA) is 89.0 Å². The van der Waals surface area contributed by atoms with Crippen LogP contribution in [0, 0.1) is 10.3 Å². The smallest absolute Gasteiger partial charge is 0.295 e. The molecule has 29 heavy (non-hydrogen) atoms. The van der Waals surface area contributed by atoms with Gasteiger partial charge < -0.3 is 14.9 Å².